The fraction of sp³-hybridized carbons (Fsp3) is 0.250. The summed E-state index contributed by atoms with van der Waals surface area (Å²) in [5, 5.41) is 12.0. The number of thioether (sulfide) groups is 1. The average Bonchev–Trinajstić information content (AvgIpc) is 2.76. The van der Waals surface area contributed by atoms with E-state index >= 15 is 0 Å². The number of hydrogen-bond acceptors (Lipinski definition) is 6. The van der Waals surface area contributed by atoms with Gasteiger partial charge in [0.15, 0.2) is 4.34 Å². The quantitative estimate of drug-likeness (QED) is 0.598. The van der Waals surface area contributed by atoms with Crippen LogP contribution in [0.25, 0.3) is 0 Å². The van der Waals surface area contributed by atoms with Crippen LogP contribution in [0.5, 0.6) is 0 Å². The first-order valence-corrected chi connectivity index (χ1v) is 6.16. The van der Waals surface area contributed by atoms with Gasteiger partial charge in [-0.25, -0.2) is 4.79 Å². The van der Waals surface area contributed by atoms with Gasteiger partial charge in [-0.15, -0.1) is 16.8 Å². The van der Waals surface area contributed by atoms with E-state index in [1.165, 1.54) is 29.2 Å². The fourth-order valence-corrected chi connectivity index (χ4v) is 2.01. The van der Waals surface area contributed by atoms with E-state index in [-0.39, 0.29) is 11.7 Å². The molecule has 0 aliphatic rings. The van der Waals surface area contributed by atoms with Gasteiger partial charge in [0.05, 0.1) is 5.75 Å². The minimum absolute atomic E-state index is 0.136. The van der Waals surface area contributed by atoms with Crippen LogP contribution in [0.3, 0.4) is 0 Å². The lowest BCUT2D eigenvalue weighted by molar-refractivity contribution is -0.117. The maximum atomic E-state index is 11.2. The van der Waals surface area contributed by atoms with E-state index in [2.05, 4.69) is 27.4 Å². The summed E-state index contributed by atoms with van der Waals surface area (Å²) >= 11 is 2.58. The average molecular weight is 258 g/mol. The lowest BCUT2D eigenvalue weighted by Gasteiger charge is -2.03. The number of urea groups is 1. The maximum absolute atomic E-state index is 11.2. The highest BCUT2D eigenvalue weighted by Gasteiger charge is 2.08. The molecule has 0 saturated carbocycles. The zero-order chi connectivity index (χ0) is 11.8. The van der Waals surface area contributed by atoms with Crippen molar-refractivity contribution >= 4 is 35.0 Å². The molecule has 0 aliphatic carbocycles. The van der Waals surface area contributed by atoms with Crippen LogP contribution in [-0.2, 0) is 4.79 Å². The Morgan fingerprint density at radius 3 is 3.06 bits per heavy atom. The molecule has 1 aromatic heterocycles. The van der Waals surface area contributed by atoms with Gasteiger partial charge in [-0.05, 0) is 0 Å². The Bertz CT molecular complexity index is 366. The minimum Gasteiger partial charge on any atom is -0.334 e. The molecule has 16 heavy (non-hydrogen) atoms. The van der Waals surface area contributed by atoms with E-state index < -0.39 is 6.03 Å². The number of nitrogens with one attached hydrogen (secondary N) is 2. The summed E-state index contributed by atoms with van der Waals surface area (Å²) in [6, 6.07) is -0.525. The highest BCUT2D eigenvalue weighted by atomic mass is 32.2. The fourth-order valence-electron chi connectivity index (χ4n) is 0.725. The number of nitrogens with zero attached hydrogens (tertiary/aromatic N) is 2. The van der Waals surface area contributed by atoms with Gasteiger partial charge in [0, 0.05) is 6.54 Å². The maximum Gasteiger partial charge on any atom is 0.321 e. The molecule has 0 unspecified atom stereocenters. The smallest absolute Gasteiger partial charge is 0.321 e. The summed E-state index contributed by atoms with van der Waals surface area (Å²) in [5.74, 6) is -0.238. The van der Waals surface area contributed by atoms with E-state index in [1.807, 2.05) is 0 Å². The highest BCUT2D eigenvalue weighted by Crippen LogP contribution is 2.17. The summed E-state index contributed by atoms with van der Waals surface area (Å²) in [5.41, 5.74) is 1.58. The van der Waals surface area contributed by atoms with Crippen LogP contribution in [0.15, 0.2) is 22.5 Å². The topological polar surface area (TPSA) is 84.0 Å². The third-order valence-corrected chi connectivity index (χ3v) is 3.19. The zero-order valence-electron chi connectivity index (χ0n) is 8.30. The van der Waals surface area contributed by atoms with Crippen molar-refractivity contribution in [2.45, 2.75) is 4.34 Å². The molecule has 0 radical (unpaired) electrons. The molecule has 0 aromatic carbocycles. The number of carbonyl (C=O) groups is 2. The van der Waals surface area contributed by atoms with Gasteiger partial charge in [0.2, 0.25) is 5.91 Å². The van der Waals surface area contributed by atoms with Gasteiger partial charge >= 0.3 is 6.03 Å². The van der Waals surface area contributed by atoms with E-state index in [9.17, 15) is 9.59 Å². The second-order valence-electron chi connectivity index (χ2n) is 2.54. The first-order chi connectivity index (χ1) is 7.72. The third-order valence-electron chi connectivity index (χ3n) is 1.33. The van der Waals surface area contributed by atoms with Crippen molar-refractivity contribution in [1.82, 2.24) is 20.8 Å². The van der Waals surface area contributed by atoms with Crippen molar-refractivity contribution in [2.24, 2.45) is 0 Å². The second kappa shape index (κ2) is 6.96. The normalized spacial score (nSPS) is 9.50. The van der Waals surface area contributed by atoms with Gasteiger partial charge in [0.25, 0.3) is 0 Å². The zero-order valence-corrected chi connectivity index (χ0v) is 9.94. The number of rotatable bonds is 5. The van der Waals surface area contributed by atoms with Gasteiger partial charge in [-0.3, -0.25) is 10.1 Å². The predicted octanol–water partition coefficient (Wildman–Crippen LogP) is 0.642. The molecule has 0 aliphatic heterocycles. The Kier molecular flexibility index (Phi) is 5.51. The van der Waals surface area contributed by atoms with E-state index in [0.717, 1.165) is 0 Å². The minimum atomic E-state index is -0.525. The molecule has 6 nitrogen and oxygen atoms in total. The van der Waals surface area contributed by atoms with Crippen molar-refractivity contribution in [3.63, 3.8) is 0 Å². The Labute approximate surface area is 101 Å². The molecule has 0 atom stereocenters. The Hall–Kier alpha value is -1.41. The third kappa shape index (κ3) is 4.89. The van der Waals surface area contributed by atoms with Crippen LogP contribution in [0, 0.1) is 0 Å². The second-order valence-corrected chi connectivity index (χ2v) is 4.60. The van der Waals surface area contributed by atoms with Gasteiger partial charge in [-0.1, -0.05) is 29.2 Å². The number of hydrogen-bond donors (Lipinski definition) is 2. The largest absolute Gasteiger partial charge is 0.334 e. The molecule has 86 valence electrons. The molecule has 1 rings (SSSR count). The van der Waals surface area contributed by atoms with Crippen LogP contribution >= 0.6 is 23.1 Å². The summed E-state index contributed by atoms with van der Waals surface area (Å²) in [6.07, 6.45) is 1.53. The van der Waals surface area contributed by atoms with Crippen molar-refractivity contribution in [2.75, 3.05) is 12.3 Å². The van der Waals surface area contributed by atoms with E-state index in [1.54, 1.807) is 5.51 Å². The molecule has 1 heterocycles. The number of amides is 3. The van der Waals surface area contributed by atoms with Crippen molar-refractivity contribution in [3.8, 4) is 0 Å². The van der Waals surface area contributed by atoms with Crippen LogP contribution in [0.4, 0.5) is 4.79 Å². The molecule has 1 aromatic rings. The Balaban J connectivity index is 2.20. The van der Waals surface area contributed by atoms with Gasteiger partial charge < -0.3 is 5.32 Å². The summed E-state index contributed by atoms with van der Waals surface area (Å²) in [4.78, 5) is 22.3. The number of aromatic nitrogens is 2. The lowest BCUT2D eigenvalue weighted by atomic mass is 10.6. The summed E-state index contributed by atoms with van der Waals surface area (Å²) < 4.78 is 0.696. The standard InChI is InChI=1S/C8H10N4O2S2/c1-2-3-9-7(14)11-6(13)4-15-8-12-10-5-16-8/h2,5H,1,3-4H2,(H2,9,11,13,14). The highest BCUT2D eigenvalue weighted by molar-refractivity contribution is 8.01. The van der Waals surface area contributed by atoms with Gasteiger partial charge in [-0.2, -0.15) is 0 Å². The van der Waals surface area contributed by atoms with Crippen molar-refractivity contribution in [3.05, 3.63) is 18.2 Å². The molecule has 2 N–H and O–H groups in total. The Morgan fingerprint density at radius 1 is 1.62 bits per heavy atom. The first kappa shape index (κ1) is 12.7. The van der Waals surface area contributed by atoms with Crippen LogP contribution in [-0.4, -0.2) is 34.4 Å². The van der Waals surface area contributed by atoms with Gasteiger partial charge in [0.1, 0.15) is 5.51 Å². The SMILES string of the molecule is C=CCNC(=O)NC(=O)CSc1nncs1. The lowest BCUT2D eigenvalue weighted by Crippen LogP contribution is -2.40. The number of carbonyl (C=O) groups excluding carboxylic acids is 2. The molecule has 8 heteroatoms. The number of imide groups is 1. The first-order valence-electron chi connectivity index (χ1n) is 4.30. The molecular formula is C8H10N4O2S2. The Morgan fingerprint density at radius 2 is 2.44 bits per heavy atom. The molecule has 0 fully saturated rings. The molecule has 0 saturated heterocycles. The molecule has 3 amide bonds. The van der Waals surface area contributed by atoms with Crippen molar-refractivity contribution in [1.29, 1.82) is 0 Å². The predicted molar refractivity (Wildman–Crippen MR) is 62.4 cm³/mol. The molecular weight excluding hydrogens is 248 g/mol. The van der Waals surface area contributed by atoms with Crippen LogP contribution in [0.2, 0.25) is 0 Å². The summed E-state index contributed by atoms with van der Waals surface area (Å²) in [6.45, 7) is 3.76. The van der Waals surface area contributed by atoms with E-state index in [0.29, 0.717) is 10.9 Å². The molecule has 0 bridgehead atoms. The summed E-state index contributed by atoms with van der Waals surface area (Å²) in [7, 11) is 0. The van der Waals surface area contributed by atoms with Crippen LogP contribution in [0.1, 0.15) is 0 Å². The van der Waals surface area contributed by atoms with E-state index in [4.69, 9.17) is 0 Å². The van der Waals surface area contributed by atoms with Crippen molar-refractivity contribution < 1.29 is 9.59 Å². The molecule has 0 spiro atoms. The monoisotopic (exact) mass is 258 g/mol. The van der Waals surface area contributed by atoms with Crippen LogP contribution < -0.4 is 10.6 Å².